The van der Waals surface area contributed by atoms with Gasteiger partial charge in [0.25, 0.3) is 0 Å². The maximum absolute atomic E-state index is 13.3. The molecule has 2 aromatic rings. The number of nitrogens with one attached hydrogen (secondary N) is 2. The fraction of sp³-hybridized carbons (Fsp3) is 0.696. The summed E-state index contributed by atoms with van der Waals surface area (Å²) >= 11 is 6.60. The van der Waals surface area contributed by atoms with Crippen molar-refractivity contribution in [2.45, 2.75) is 82.6 Å². The molecule has 3 N–H and O–H groups in total. The largest absolute Gasteiger partial charge is 0.388 e. The van der Waals surface area contributed by atoms with Crippen molar-refractivity contribution in [3.05, 3.63) is 17.0 Å². The van der Waals surface area contributed by atoms with Crippen LogP contribution < -0.4 is 10.6 Å². The first-order chi connectivity index (χ1) is 15.7. The Balaban J connectivity index is 1.53. The van der Waals surface area contributed by atoms with E-state index < -0.39 is 17.3 Å². The molecule has 2 unspecified atom stereocenters. The van der Waals surface area contributed by atoms with Crippen molar-refractivity contribution in [2.75, 3.05) is 12.4 Å². The van der Waals surface area contributed by atoms with Crippen LogP contribution in [-0.2, 0) is 14.3 Å². The highest BCUT2D eigenvalue weighted by molar-refractivity contribution is 6.31. The minimum Gasteiger partial charge on any atom is -0.388 e. The number of aliphatic hydroxyl groups excluding tert-OH is 1. The van der Waals surface area contributed by atoms with E-state index >= 15 is 0 Å². The molecule has 2 saturated carbocycles. The van der Waals surface area contributed by atoms with Crippen molar-refractivity contribution >= 4 is 34.4 Å². The van der Waals surface area contributed by atoms with Crippen LogP contribution >= 0.6 is 11.6 Å². The highest BCUT2D eigenvalue weighted by Gasteiger charge is 2.71. The lowest BCUT2D eigenvalue weighted by molar-refractivity contribution is -0.178. The average molecular weight is 476 g/mol. The Morgan fingerprint density at radius 2 is 2.18 bits per heavy atom. The molecule has 0 radical (unpaired) electrons. The molecule has 0 bridgehead atoms. The van der Waals surface area contributed by atoms with Crippen LogP contribution in [0.25, 0.3) is 11.2 Å². The highest BCUT2D eigenvalue weighted by atomic mass is 35.5. The molecule has 1 amide bonds. The normalized spacial score (nSPS) is 38.6. The second kappa shape index (κ2) is 7.04. The first kappa shape index (κ1) is 21.6. The predicted octanol–water partition coefficient (Wildman–Crippen LogP) is 2.93. The number of imidazole rings is 1. The molecule has 10 heteroatoms. The third-order valence-corrected chi connectivity index (χ3v) is 8.41. The lowest BCUT2D eigenvalue weighted by Crippen LogP contribution is -2.48. The SMILES string of the molecule is CNC(=O)[C@@]12CCC[C@@H]1[C@@H](n1cnc3c4c(c(Cl)nc31)C(O)CC(C)N4)[C@@H]1OC(C)(C)O[C@@H]12. The lowest BCUT2D eigenvalue weighted by Gasteiger charge is -2.35. The van der Waals surface area contributed by atoms with E-state index in [1.165, 1.54) is 0 Å². The summed E-state index contributed by atoms with van der Waals surface area (Å²) in [4.78, 5) is 22.7. The molecule has 0 spiro atoms. The Bertz CT molecular complexity index is 1150. The van der Waals surface area contributed by atoms with Crippen molar-refractivity contribution in [3.8, 4) is 0 Å². The molecule has 178 valence electrons. The van der Waals surface area contributed by atoms with Crippen LogP contribution in [0.1, 0.15) is 64.2 Å². The summed E-state index contributed by atoms with van der Waals surface area (Å²) < 4.78 is 14.8. The van der Waals surface area contributed by atoms with E-state index in [1.54, 1.807) is 13.4 Å². The van der Waals surface area contributed by atoms with E-state index in [1.807, 2.05) is 25.3 Å². The van der Waals surface area contributed by atoms with Gasteiger partial charge in [-0.25, -0.2) is 9.97 Å². The standard InChI is InChI=1S/C23H30ClN5O4/c1-10-8-12(30)13-14(27-10)15-20(28-19(13)24)29(9-26-15)16-11-6-5-7-23(11,21(31)25-4)18-17(16)32-22(2,3)33-18/h9-12,16-18,27,30H,5-8H2,1-4H3,(H,25,31)/t10?,11-,12?,16-,17+,18+,23+/m1/s1. The molecule has 7 atom stereocenters. The van der Waals surface area contributed by atoms with Crippen molar-refractivity contribution in [1.82, 2.24) is 19.9 Å². The summed E-state index contributed by atoms with van der Waals surface area (Å²) in [6, 6.07) is -0.0904. The van der Waals surface area contributed by atoms with Gasteiger partial charge in [-0.05, 0) is 46.0 Å². The number of aromatic nitrogens is 3. The molecule has 33 heavy (non-hydrogen) atoms. The number of pyridine rings is 1. The van der Waals surface area contributed by atoms with Gasteiger partial charge in [-0.2, -0.15) is 0 Å². The molecule has 4 heterocycles. The number of amides is 1. The van der Waals surface area contributed by atoms with Gasteiger partial charge in [0.1, 0.15) is 22.9 Å². The minimum atomic E-state index is -0.788. The van der Waals surface area contributed by atoms with Crippen LogP contribution in [0.2, 0.25) is 5.15 Å². The van der Waals surface area contributed by atoms with Gasteiger partial charge in [-0.15, -0.1) is 0 Å². The van der Waals surface area contributed by atoms with Crippen LogP contribution in [-0.4, -0.2) is 56.6 Å². The Morgan fingerprint density at radius 1 is 1.39 bits per heavy atom. The van der Waals surface area contributed by atoms with E-state index in [4.69, 9.17) is 31.0 Å². The second-order valence-electron chi connectivity index (χ2n) is 10.4. The van der Waals surface area contributed by atoms with Gasteiger partial charge < -0.3 is 29.8 Å². The van der Waals surface area contributed by atoms with Crippen LogP contribution in [0.3, 0.4) is 0 Å². The molecule has 2 aromatic heterocycles. The zero-order chi connectivity index (χ0) is 23.3. The third kappa shape index (κ3) is 2.79. The molecular weight excluding hydrogens is 446 g/mol. The summed E-state index contributed by atoms with van der Waals surface area (Å²) in [6.45, 7) is 5.81. The van der Waals surface area contributed by atoms with Crippen molar-refractivity contribution < 1.29 is 19.4 Å². The second-order valence-corrected chi connectivity index (χ2v) is 10.8. The summed E-state index contributed by atoms with van der Waals surface area (Å²) in [5.74, 6) is -0.755. The van der Waals surface area contributed by atoms with E-state index in [0.29, 0.717) is 23.1 Å². The molecule has 2 aliphatic heterocycles. The molecule has 4 aliphatic rings. The molecule has 6 rings (SSSR count). The molecule has 3 fully saturated rings. The number of anilines is 1. The molecule has 2 aliphatic carbocycles. The zero-order valence-corrected chi connectivity index (χ0v) is 20.0. The van der Waals surface area contributed by atoms with E-state index in [-0.39, 0.29) is 41.3 Å². The number of carbonyl (C=O) groups is 1. The van der Waals surface area contributed by atoms with Crippen molar-refractivity contribution in [3.63, 3.8) is 0 Å². The number of carbonyl (C=O) groups excluding carboxylic acids is 1. The van der Waals surface area contributed by atoms with Gasteiger partial charge in [-0.3, -0.25) is 4.79 Å². The molecule has 0 aromatic carbocycles. The summed E-state index contributed by atoms with van der Waals surface area (Å²) in [5, 5.41) is 17.2. The Hall–Kier alpha value is -1.94. The first-order valence-corrected chi connectivity index (χ1v) is 12.1. The Labute approximate surface area is 197 Å². The van der Waals surface area contributed by atoms with Gasteiger partial charge in [0.15, 0.2) is 11.4 Å². The van der Waals surface area contributed by atoms with Crippen LogP contribution in [0.4, 0.5) is 5.69 Å². The first-order valence-electron chi connectivity index (χ1n) is 11.8. The highest BCUT2D eigenvalue weighted by Crippen LogP contribution is 2.64. The van der Waals surface area contributed by atoms with Gasteiger partial charge in [0, 0.05) is 18.7 Å². The maximum Gasteiger partial charge on any atom is 0.229 e. The molecule has 9 nitrogen and oxygen atoms in total. The number of nitrogens with zero attached hydrogens (tertiary/aromatic N) is 3. The fourth-order valence-corrected chi connectivity index (χ4v) is 7.30. The van der Waals surface area contributed by atoms with E-state index in [9.17, 15) is 9.90 Å². The number of rotatable bonds is 2. The smallest absolute Gasteiger partial charge is 0.229 e. The number of hydrogen-bond donors (Lipinski definition) is 3. The van der Waals surface area contributed by atoms with Gasteiger partial charge >= 0.3 is 0 Å². The lowest BCUT2D eigenvalue weighted by atomic mass is 9.77. The zero-order valence-electron chi connectivity index (χ0n) is 19.3. The van der Waals surface area contributed by atoms with Crippen LogP contribution in [0, 0.1) is 11.3 Å². The van der Waals surface area contributed by atoms with Gasteiger partial charge in [0.2, 0.25) is 5.91 Å². The summed E-state index contributed by atoms with van der Waals surface area (Å²) in [7, 11) is 1.69. The number of aliphatic hydroxyl groups is 1. The predicted molar refractivity (Wildman–Crippen MR) is 122 cm³/mol. The van der Waals surface area contributed by atoms with E-state index in [2.05, 4.69) is 10.6 Å². The average Bonchev–Trinajstić information content (AvgIpc) is 3.47. The Morgan fingerprint density at radius 3 is 2.94 bits per heavy atom. The Kier molecular flexibility index (Phi) is 4.60. The van der Waals surface area contributed by atoms with Gasteiger partial charge in [-0.1, -0.05) is 18.0 Å². The van der Waals surface area contributed by atoms with Crippen LogP contribution in [0.5, 0.6) is 0 Å². The number of hydrogen-bond acceptors (Lipinski definition) is 7. The summed E-state index contributed by atoms with van der Waals surface area (Å²) in [5.41, 5.74) is 1.97. The summed E-state index contributed by atoms with van der Waals surface area (Å²) in [6.07, 6.45) is 3.58. The molecular formula is C23H30ClN5O4. The topological polar surface area (TPSA) is 111 Å². The fourth-order valence-electron chi connectivity index (χ4n) is 7.00. The van der Waals surface area contributed by atoms with Crippen molar-refractivity contribution in [1.29, 1.82) is 0 Å². The monoisotopic (exact) mass is 475 g/mol. The van der Waals surface area contributed by atoms with Crippen molar-refractivity contribution in [2.24, 2.45) is 11.3 Å². The van der Waals surface area contributed by atoms with Crippen LogP contribution in [0.15, 0.2) is 6.33 Å². The minimum absolute atomic E-state index is 0.00945. The molecule has 1 saturated heterocycles. The quantitative estimate of drug-likeness (QED) is 0.573. The maximum atomic E-state index is 13.3. The number of fused-ring (bicyclic) bond motifs is 6. The van der Waals surface area contributed by atoms with E-state index in [0.717, 1.165) is 24.9 Å². The number of ether oxygens (including phenoxy) is 2. The third-order valence-electron chi connectivity index (χ3n) is 8.12. The number of halogens is 1. The van der Waals surface area contributed by atoms with Gasteiger partial charge in [0.05, 0.1) is 29.6 Å².